The van der Waals surface area contributed by atoms with Crippen LogP contribution < -0.4 is 0 Å². The van der Waals surface area contributed by atoms with Gasteiger partial charge in [-0.15, -0.1) is 11.8 Å². The van der Waals surface area contributed by atoms with Gasteiger partial charge in [-0.1, -0.05) is 0 Å². The fraction of sp³-hybridized carbons (Fsp3) is 0.700. The summed E-state index contributed by atoms with van der Waals surface area (Å²) in [7, 11) is 0. The summed E-state index contributed by atoms with van der Waals surface area (Å²) in [6, 6.07) is -0.715. The highest BCUT2D eigenvalue weighted by atomic mass is 32.2. The molecule has 1 N–H and O–H groups in total. The number of nitrogens with zero attached hydrogens (tertiary/aromatic N) is 1. The summed E-state index contributed by atoms with van der Waals surface area (Å²) >= 11 is 1.45. The maximum Gasteiger partial charge on any atom is 0.327 e. The number of carbonyl (C=O) groups is 3. The fourth-order valence-corrected chi connectivity index (χ4v) is 3.28. The second kappa shape index (κ2) is 4.45. The molecule has 1 aliphatic heterocycles. The lowest BCUT2D eigenvalue weighted by molar-refractivity contribution is -0.149. The van der Waals surface area contributed by atoms with E-state index in [4.69, 9.17) is 5.11 Å². The molecule has 1 saturated heterocycles. The lowest BCUT2D eigenvalue weighted by Gasteiger charge is -2.23. The van der Waals surface area contributed by atoms with Gasteiger partial charge in [0.1, 0.15) is 11.8 Å². The summed E-state index contributed by atoms with van der Waals surface area (Å²) < 4.78 is 0. The number of amides is 1. The molecular weight excluding hydrogens is 230 g/mol. The Labute approximate surface area is 97.2 Å². The average Bonchev–Trinajstić information content (AvgIpc) is 2.84. The molecule has 0 aromatic rings. The molecule has 6 heteroatoms. The molecule has 0 spiro atoms. The first-order valence-electron chi connectivity index (χ1n) is 5.22. The van der Waals surface area contributed by atoms with Crippen LogP contribution in [0.15, 0.2) is 0 Å². The largest absolute Gasteiger partial charge is 0.480 e. The minimum absolute atomic E-state index is 0.108. The van der Waals surface area contributed by atoms with E-state index in [0.29, 0.717) is 24.5 Å². The van der Waals surface area contributed by atoms with E-state index < -0.39 is 12.0 Å². The highest BCUT2D eigenvalue weighted by molar-refractivity contribution is 7.99. The van der Waals surface area contributed by atoms with Gasteiger partial charge in [0.15, 0.2) is 0 Å². The quantitative estimate of drug-likeness (QED) is 0.757. The van der Waals surface area contributed by atoms with E-state index in [1.54, 1.807) is 0 Å². The van der Waals surface area contributed by atoms with E-state index in [0.717, 1.165) is 0 Å². The molecule has 16 heavy (non-hydrogen) atoms. The summed E-state index contributed by atoms with van der Waals surface area (Å²) in [6.07, 6.45) is 1.31. The van der Waals surface area contributed by atoms with Crippen LogP contribution in [-0.2, 0) is 14.4 Å². The number of ketones is 1. The Hall–Kier alpha value is -1.04. The highest BCUT2D eigenvalue weighted by Gasteiger charge is 2.39. The minimum atomic E-state index is -0.956. The van der Waals surface area contributed by atoms with Gasteiger partial charge >= 0.3 is 5.97 Å². The first-order chi connectivity index (χ1) is 7.59. The predicted octanol–water partition coefficient (Wildman–Crippen LogP) is 0.342. The zero-order valence-corrected chi connectivity index (χ0v) is 9.53. The average molecular weight is 243 g/mol. The van der Waals surface area contributed by atoms with Crippen LogP contribution in [0.5, 0.6) is 0 Å². The maximum absolute atomic E-state index is 12.0. The number of carboxylic acid groups (broad SMARTS) is 1. The third-order valence-electron chi connectivity index (χ3n) is 3.05. The van der Waals surface area contributed by atoms with Gasteiger partial charge in [0.2, 0.25) is 5.91 Å². The van der Waals surface area contributed by atoms with Crippen molar-refractivity contribution in [3.8, 4) is 0 Å². The molecule has 2 atom stereocenters. The number of Topliss-reactive ketones (excluding diaryl/α,β-unsaturated/α-hetero) is 1. The standard InChI is InChI=1S/C10H13NO4S/c12-7-2-1-6(3-7)9(13)11-5-16-4-8(11)10(14)15/h6,8H,1-5H2,(H,14,15)/t6?,8-/m0/s1. The van der Waals surface area contributed by atoms with Crippen LogP contribution in [0.25, 0.3) is 0 Å². The molecule has 0 radical (unpaired) electrons. The number of hydrogen-bond acceptors (Lipinski definition) is 4. The van der Waals surface area contributed by atoms with E-state index >= 15 is 0 Å². The number of rotatable bonds is 2. The van der Waals surface area contributed by atoms with Crippen LogP contribution in [0.1, 0.15) is 19.3 Å². The zero-order chi connectivity index (χ0) is 11.7. The number of aliphatic carboxylic acids is 1. The first-order valence-corrected chi connectivity index (χ1v) is 6.38. The van der Waals surface area contributed by atoms with Crippen molar-refractivity contribution < 1.29 is 19.5 Å². The van der Waals surface area contributed by atoms with Crippen molar-refractivity contribution in [2.24, 2.45) is 5.92 Å². The molecule has 1 saturated carbocycles. The van der Waals surface area contributed by atoms with Crippen molar-refractivity contribution in [2.45, 2.75) is 25.3 Å². The van der Waals surface area contributed by atoms with Crippen molar-refractivity contribution in [3.63, 3.8) is 0 Å². The van der Waals surface area contributed by atoms with Gasteiger partial charge in [0, 0.05) is 24.5 Å². The molecule has 5 nitrogen and oxygen atoms in total. The van der Waals surface area contributed by atoms with Gasteiger partial charge in [0.05, 0.1) is 5.88 Å². The maximum atomic E-state index is 12.0. The smallest absolute Gasteiger partial charge is 0.327 e. The zero-order valence-electron chi connectivity index (χ0n) is 8.72. The van der Waals surface area contributed by atoms with Crippen molar-refractivity contribution in [1.29, 1.82) is 0 Å². The number of hydrogen-bond donors (Lipinski definition) is 1. The van der Waals surface area contributed by atoms with Crippen LogP contribution in [0.2, 0.25) is 0 Å². The normalized spacial score (nSPS) is 29.8. The number of carboxylic acids is 1. The second-order valence-corrected chi connectivity index (χ2v) is 5.14. The number of carbonyl (C=O) groups excluding carboxylic acids is 2. The monoisotopic (exact) mass is 243 g/mol. The van der Waals surface area contributed by atoms with Crippen molar-refractivity contribution in [3.05, 3.63) is 0 Å². The molecule has 2 fully saturated rings. The summed E-state index contributed by atoms with van der Waals surface area (Å²) in [5.74, 6) is -0.418. The highest BCUT2D eigenvalue weighted by Crippen LogP contribution is 2.29. The lowest BCUT2D eigenvalue weighted by Crippen LogP contribution is -2.44. The van der Waals surface area contributed by atoms with E-state index in [1.807, 2.05) is 0 Å². The molecule has 1 amide bonds. The Bertz CT molecular complexity index is 344. The van der Waals surface area contributed by atoms with E-state index in [2.05, 4.69) is 0 Å². The van der Waals surface area contributed by atoms with Crippen LogP contribution in [0.4, 0.5) is 0 Å². The lowest BCUT2D eigenvalue weighted by atomic mass is 10.1. The number of thioether (sulfide) groups is 1. The van der Waals surface area contributed by atoms with E-state index in [1.165, 1.54) is 16.7 Å². The summed E-state index contributed by atoms with van der Waals surface area (Å²) in [5, 5.41) is 8.95. The van der Waals surface area contributed by atoms with Crippen molar-refractivity contribution in [1.82, 2.24) is 4.90 Å². The first kappa shape index (κ1) is 11.4. The van der Waals surface area contributed by atoms with Gasteiger partial charge in [-0.3, -0.25) is 9.59 Å². The van der Waals surface area contributed by atoms with E-state index in [-0.39, 0.29) is 24.0 Å². The van der Waals surface area contributed by atoms with Gasteiger partial charge in [-0.2, -0.15) is 0 Å². The summed E-state index contributed by atoms with van der Waals surface area (Å²) in [6.45, 7) is 0. The molecule has 1 aliphatic carbocycles. The second-order valence-electron chi connectivity index (χ2n) is 4.14. The van der Waals surface area contributed by atoms with Crippen LogP contribution in [-0.4, -0.2) is 45.3 Å². The third kappa shape index (κ3) is 2.07. The topological polar surface area (TPSA) is 74.7 Å². The Balaban J connectivity index is 2.03. The van der Waals surface area contributed by atoms with Crippen molar-refractivity contribution >= 4 is 29.4 Å². The Kier molecular flexibility index (Phi) is 3.18. The SMILES string of the molecule is O=C1CCC(C(=O)N2CSC[C@H]2C(=O)O)C1. The third-order valence-corrected chi connectivity index (χ3v) is 4.06. The molecule has 0 aromatic heterocycles. The Morgan fingerprint density at radius 3 is 2.75 bits per heavy atom. The predicted molar refractivity (Wildman–Crippen MR) is 57.9 cm³/mol. The Morgan fingerprint density at radius 2 is 2.19 bits per heavy atom. The molecule has 1 unspecified atom stereocenters. The molecular formula is C10H13NO4S. The minimum Gasteiger partial charge on any atom is -0.480 e. The van der Waals surface area contributed by atoms with Gasteiger partial charge in [-0.05, 0) is 6.42 Å². The van der Waals surface area contributed by atoms with Crippen LogP contribution >= 0.6 is 11.8 Å². The summed E-state index contributed by atoms with van der Waals surface area (Å²) in [5.41, 5.74) is 0. The molecule has 2 aliphatic rings. The van der Waals surface area contributed by atoms with Crippen LogP contribution in [0.3, 0.4) is 0 Å². The van der Waals surface area contributed by atoms with Gasteiger partial charge in [0.25, 0.3) is 0 Å². The molecule has 0 bridgehead atoms. The van der Waals surface area contributed by atoms with Gasteiger partial charge in [-0.25, -0.2) is 4.79 Å². The molecule has 1 heterocycles. The van der Waals surface area contributed by atoms with Gasteiger partial charge < -0.3 is 10.0 Å². The van der Waals surface area contributed by atoms with Crippen LogP contribution in [0, 0.1) is 5.92 Å². The van der Waals surface area contributed by atoms with E-state index in [9.17, 15) is 14.4 Å². The van der Waals surface area contributed by atoms with Crippen molar-refractivity contribution in [2.75, 3.05) is 11.6 Å². The molecule has 0 aromatic carbocycles. The molecule has 2 rings (SSSR count). The molecule has 88 valence electrons. The Morgan fingerprint density at radius 1 is 1.44 bits per heavy atom. The fourth-order valence-electron chi connectivity index (χ4n) is 2.12. The summed E-state index contributed by atoms with van der Waals surface area (Å²) in [4.78, 5) is 35.4.